The summed E-state index contributed by atoms with van der Waals surface area (Å²) < 4.78 is 0. The molecule has 0 spiro atoms. The van der Waals surface area contributed by atoms with Gasteiger partial charge in [0, 0.05) is 17.8 Å². The smallest absolute Gasteiger partial charge is 0.550 e. The van der Waals surface area contributed by atoms with E-state index in [1.807, 2.05) is 0 Å². The van der Waals surface area contributed by atoms with Crippen LogP contribution in [0.5, 0.6) is 0 Å². The summed E-state index contributed by atoms with van der Waals surface area (Å²) in [4.78, 5) is 29.4. The van der Waals surface area contributed by atoms with Crippen LogP contribution in [0.3, 0.4) is 0 Å². The van der Waals surface area contributed by atoms with Crippen molar-refractivity contribution in [1.82, 2.24) is 0 Å². The van der Waals surface area contributed by atoms with E-state index < -0.39 is 30.0 Å². The third-order valence-electron chi connectivity index (χ3n) is 1.48. The first kappa shape index (κ1) is 27.9. The second-order valence-electron chi connectivity index (χ2n) is 2.96. The quantitative estimate of drug-likeness (QED) is 0.277. The molecule has 0 heterocycles. The molecule has 0 saturated heterocycles. The van der Waals surface area contributed by atoms with Gasteiger partial charge in [-0.25, -0.2) is 0 Å². The van der Waals surface area contributed by atoms with Crippen molar-refractivity contribution in [3.8, 4) is 0 Å². The monoisotopic (exact) mass is 312 g/mol. The molecule has 8 nitrogen and oxygen atoms in total. The summed E-state index contributed by atoms with van der Waals surface area (Å²) in [5.74, 6) is -3.57. The zero-order valence-corrected chi connectivity index (χ0v) is 15.8. The van der Waals surface area contributed by atoms with Crippen LogP contribution >= 0.6 is 12.6 Å². The van der Waals surface area contributed by atoms with Gasteiger partial charge in [-0.1, -0.05) is 0 Å². The molecule has 0 aromatic rings. The Labute approximate surface area is 160 Å². The van der Waals surface area contributed by atoms with Gasteiger partial charge in [0.1, 0.15) is 6.04 Å². The topological polar surface area (TPSA) is 170 Å². The molecular formula is C8H14N2Na2O6S. The van der Waals surface area contributed by atoms with E-state index in [0.717, 1.165) is 0 Å². The van der Waals surface area contributed by atoms with Gasteiger partial charge in [0.25, 0.3) is 0 Å². The van der Waals surface area contributed by atoms with Crippen LogP contribution in [-0.4, -0.2) is 40.9 Å². The maximum Gasteiger partial charge on any atom is 1.00 e. The van der Waals surface area contributed by atoms with Crippen LogP contribution in [-0.2, 0) is 14.4 Å². The van der Waals surface area contributed by atoms with Gasteiger partial charge in [-0.15, -0.1) is 0 Å². The number of carboxylic acids is 3. The molecule has 0 aromatic heterocycles. The standard InChI is InChI=1S/C5H9NO4.C3H7NO2S.2Na/c6-3(5(9)10)1-2-4(7)8;4-2(1-7)3(5)6;;/h3H,1-2,6H2,(H,7,8)(H,9,10);2,7H,1,4H2,(H,5,6);;/q;;2*+1/p-2/t3-;2-;;/m00../s1. The van der Waals surface area contributed by atoms with Gasteiger partial charge < -0.3 is 36.4 Å². The van der Waals surface area contributed by atoms with Gasteiger partial charge in [0.2, 0.25) is 0 Å². The van der Waals surface area contributed by atoms with Crippen molar-refractivity contribution in [3.63, 3.8) is 0 Å². The largest absolute Gasteiger partial charge is 1.00 e. The van der Waals surface area contributed by atoms with Gasteiger partial charge >= 0.3 is 65.1 Å². The molecular weight excluding hydrogens is 298 g/mol. The average Bonchev–Trinajstić information content (AvgIpc) is 2.24. The zero-order chi connectivity index (χ0) is 14.0. The zero-order valence-electron chi connectivity index (χ0n) is 10.9. The molecule has 0 aliphatic heterocycles. The van der Waals surface area contributed by atoms with Gasteiger partial charge in [-0.05, 0) is 12.8 Å². The maximum atomic E-state index is 9.86. The second-order valence-corrected chi connectivity index (χ2v) is 3.33. The molecule has 11 heteroatoms. The number of hydrogen-bond donors (Lipinski definition) is 4. The Morgan fingerprint density at radius 1 is 1.11 bits per heavy atom. The van der Waals surface area contributed by atoms with E-state index in [2.05, 4.69) is 12.6 Å². The molecule has 0 unspecified atom stereocenters. The predicted molar refractivity (Wildman–Crippen MR) is 56.7 cm³/mol. The average molecular weight is 312 g/mol. The van der Waals surface area contributed by atoms with Gasteiger partial charge in [-0.2, -0.15) is 12.6 Å². The summed E-state index contributed by atoms with van der Waals surface area (Å²) in [5, 5.41) is 27.6. The SMILES string of the molecule is N[C@@H](CCC(=O)[O-])C(=O)[O-].N[C@@H](CS)C(=O)O.[Na+].[Na+]. The molecule has 0 bridgehead atoms. The minimum atomic E-state index is -1.44. The predicted octanol–water partition coefficient (Wildman–Crippen LogP) is -10.1. The number of thiol groups is 1. The third-order valence-corrected chi connectivity index (χ3v) is 1.87. The van der Waals surface area contributed by atoms with Crippen molar-refractivity contribution < 1.29 is 88.8 Å². The summed E-state index contributed by atoms with van der Waals surface area (Å²) in [6.45, 7) is 0. The molecule has 19 heavy (non-hydrogen) atoms. The summed E-state index contributed by atoms with van der Waals surface area (Å²) in [6.07, 6.45) is -0.500. The van der Waals surface area contributed by atoms with Crippen LogP contribution < -0.4 is 80.8 Å². The van der Waals surface area contributed by atoms with Crippen LogP contribution in [0.4, 0.5) is 0 Å². The van der Waals surface area contributed by atoms with E-state index in [-0.39, 0.29) is 77.7 Å². The minimum Gasteiger partial charge on any atom is -0.550 e. The summed E-state index contributed by atoms with van der Waals surface area (Å²) >= 11 is 3.65. The molecule has 0 aliphatic carbocycles. The Bertz CT molecular complexity index is 282. The molecule has 0 saturated carbocycles. The molecule has 5 N–H and O–H groups in total. The van der Waals surface area contributed by atoms with Crippen molar-refractivity contribution in [2.45, 2.75) is 24.9 Å². The number of rotatable bonds is 6. The normalized spacial score (nSPS) is 11.5. The van der Waals surface area contributed by atoms with E-state index in [1.165, 1.54) is 0 Å². The second kappa shape index (κ2) is 16.7. The minimum absolute atomic E-state index is 0. The van der Waals surface area contributed by atoms with Crippen LogP contribution in [0.25, 0.3) is 0 Å². The van der Waals surface area contributed by atoms with E-state index in [9.17, 15) is 24.6 Å². The van der Waals surface area contributed by atoms with E-state index in [4.69, 9.17) is 16.6 Å². The summed E-state index contributed by atoms with van der Waals surface area (Å²) in [6, 6.07) is -2.03. The molecule has 100 valence electrons. The van der Waals surface area contributed by atoms with Crippen LogP contribution in [0, 0.1) is 0 Å². The fourth-order valence-corrected chi connectivity index (χ4v) is 0.625. The van der Waals surface area contributed by atoms with Crippen molar-refractivity contribution >= 4 is 30.5 Å². The molecule has 0 fully saturated rings. The van der Waals surface area contributed by atoms with Gasteiger partial charge in [-0.3, -0.25) is 4.79 Å². The number of hydrogen-bond acceptors (Lipinski definition) is 8. The molecule has 0 aliphatic rings. The first-order chi connectivity index (χ1) is 7.72. The molecule has 0 amide bonds. The first-order valence-corrected chi connectivity index (χ1v) is 5.11. The van der Waals surface area contributed by atoms with E-state index >= 15 is 0 Å². The molecule has 2 atom stereocenters. The number of carbonyl (C=O) groups is 3. The van der Waals surface area contributed by atoms with Gasteiger partial charge in [0.15, 0.2) is 0 Å². The number of nitrogens with two attached hydrogens (primary N) is 2. The number of carboxylic acid groups (broad SMARTS) is 3. The van der Waals surface area contributed by atoms with Crippen molar-refractivity contribution in [3.05, 3.63) is 0 Å². The Morgan fingerprint density at radius 2 is 1.53 bits per heavy atom. The summed E-state index contributed by atoms with van der Waals surface area (Å²) in [7, 11) is 0. The van der Waals surface area contributed by atoms with E-state index in [1.54, 1.807) is 0 Å². The van der Waals surface area contributed by atoms with Gasteiger partial charge in [0.05, 0.1) is 5.97 Å². The Balaban J connectivity index is -0.000000112. The van der Waals surface area contributed by atoms with Crippen molar-refractivity contribution in [2.24, 2.45) is 11.5 Å². The maximum absolute atomic E-state index is 9.86. The molecule has 0 radical (unpaired) electrons. The van der Waals surface area contributed by atoms with Crippen LogP contribution in [0.15, 0.2) is 0 Å². The molecule has 0 aromatic carbocycles. The number of aliphatic carboxylic acids is 3. The van der Waals surface area contributed by atoms with Crippen molar-refractivity contribution in [1.29, 1.82) is 0 Å². The van der Waals surface area contributed by atoms with Crippen LogP contribution in [0.2, 0.25) is 0 Å². The Kier molecular flexibility index (Phi) is 24.6. The Hall–Kier alpha value is 0.680. The van der Waals surface area contributed by atoms with Crippen molar-refractivity contribution in [2.75, 3.05) is 5.75 Å². The fourth-order valence-electron chi connectivity index (χ4n) is 0.469. The fraction of sp³-hybridized carbons (Fsp3) is 0.625. The molecule has 0 rings (SSSR count). The summed E-state index contributed by atoms with van der Waals surface area (Å²) in [5.41, 5.74) is 9.85. The number of carbonyl (C=O) groups excluding carboxylic acids is 2. The Morgan fingerprint density at radius 3 is 1.68 bits per heavy atom. The first-order valence-electron chi connectivity index (χ1n) is 4.47. The third kappa shape index (κ3) is 21.1. The van der Waals surface area contributed by atoms with Crippen LogP contribution in [0.1, 0.15) is 12.8 Å². The van der Waals surface area contributed by atoms with E-state index in [0.29, 0.717) is 0 Å².